The first-order valence-electron chi connectivity index (χ1n) is 8.67. The average Bonchev–Trinajstić information content (AvgIpc) is 2.73. The molecule has 0 unspecified atom stereocenters. The van der Waals surface area contributed by atoms with Gasteiger partial charge in [-0.15, -0.1) is 0 Å². The Bertz CT molecular complexity index is 1280. The number of para-hydroxylation sites is 2. The molecule has 3 aromatic rings. The molecule has 0 aliphatic rings. The Morgan fingerprint density at radius 1 is 0.875 bits per heavy atom. The molecule has 32 heavy (non-hydrogen) atoms. The standard InChI is InChI=1S/C19H12ClN5O7/c20-13-8-16(18(25(31)32)9-17(13)24(29)30)22-15-4-2-1-3-14(15)21-10-11-7-12(23(27)28)5-6-19(11)26/h1-10,22,26H. The summed E-state index contributed by atoms with van der Waals surface area (Å²) in [6, 6.07) is 11.6. The molecule has 2 N–H and O–H groups in total. The van der Waals surface area contributed by atoms with Crippen molar-refractivity contribution in [2.75, 3.05) is 5.32 Å². The summed E-state index contributed by atoms with van der Waals surface area (Å²) < 4.78 is 0. The third-order valence-electron chi connectivity index (χ3n) is 4.20. The van der Waals surface area contributed by atoms with Gasteiger partial charge in [-0.25, -0.2) is 0 Å². The van der Waals surface area contributed by atoms with E-state index < -0.39 is 26.1 Å². The van der Waals surface area contributed by atoms with Crippen LogP contribution in [0.2, 0.25) is 5.02 Å². The van der Waals surface area contributed by atoms with Gasteiger partial charge in [0.05, 0.1) is 32.2 Å². The molecule has 12 nitrogen and oxygen atoms in total. The molecule has 3 aromatic carbocycles. The van der Waals surface area contributed by atoms with Crippen LogP contribution in [-0.4, -0.2) is 26.1 Å². The van der Waals surface area contributed by atoms with Gasteiger partial charge in [0.25, 0.3) is 17.1 Å². The smallest absolute Gasteiger partial charge is 0.299 e. The van der Waals surface area contributed by atoms with Crippen LogP contribution in [0.3, 0.4) is 0 Å². The minimum absolute atomic E-state index is 0.0818. The average molecular weight is 458 g/mol. The lowest BCUT2D eigenvalue weighted by Crippen LogP contribution is -2.00. The van der Waals surface area contributed by atoms with E-state index in [9.17, 15) is 35.4 Å². The summed E-state index contributed by atoms with van der Waals surface area (Å²) in [4.78, 5) is 35.3. The highest BCUT2D eigenvalue weighted by Crippen LogP contribution is 2.38. The van der Waals surface area contributed by atoms with Crippen LogP contribution in [0.4, 0.5) is 34.1 Å². The van der Waals surface area contributed by atoms with E-state index in [0.29, 0.717) is 0 Å². The predicted octanol–water partition coefficient (Wildman–Crippen LogP) is 5.26. The molecule has 0 aliphatic carbocycles. The molecule has 13 heteroatoms. The summed E-state index contributed by atoms with van der Waals surface area (Å²) >= 11 is 5.89. The zero-order valence-electron chi connectivity index (χ0n) is 15.8. The Morgan fingerprint density at radius 2 is 1.56 bits per heavy atom. The number of aromatic hydroxyl groups is 1. The van der Waals surface area contributed by atoms with E-state index in [0.717, 1.165) is 30.3 Å². The summed E-state index contributed by atoms with van der Waals surface area (Å²) in [5.74, 6) is -0.234. The Labute approximate surface area is 183 Å². The second-order valence-electron chi connectivity index (χ2n) is 6.24. The number of nitrogens with one attached hydrogen (secondary N) is 1. The van der Waals surface area contributed by atoms with Gasteiger partial charge in [0.1, 0.15) is 16.5 Å². The first kappa shape index (κ1) is 22.1. The van der Waals surface area contributed by atoms with E-state index in [1.165, 1.54) is 6.21 Å². The second kappa shape index (κ2) is 9.06. The third kappa shape index (κ3) is 4.76. The first-order valence-corrected chi connectivity index (χ1v) is 9.05. The van der Waals surface area contributed by atoms with Crippen molar-refractivity contribution in [1.82, 2.24) is 0 Å². The fraction of sp³-hybridized carbons (Fsp3) is 0. The molecule has 0 spiro atoms. The van der Waals surface area contributed by atoms with Crippen molar-refractivity contribution in [3.05, 3.63) is 95.5 Å². The lowest BCUT2D eigenvalue weighted by atomic mass is 10.2. The number of non-ortho nitro benzene ring substituents is 1. The van der Waals surface area contributed by atoms with Gasteiger partial charge in [-0.1, -0.05) is 23.7 Å². The number of phenolic OH excluding ortho intramolecular Hbond substituents is 1. The number of rotatable bonds is 7. The second-order valence-corrected chi connectivity index (χ2v) is 6.64. The number of nitro groups is 3. The molecular formula is C19H12ClN5O7. The van der Waals surface area contributed by atoms with Gasteiger partial charge in [-0.05, 0) is 24.3 Å². The minimum atomic E-state index is -0.830. The van der Waals surface area contributed by atoms with Crippen molar-refractivity contribution in [2.45, 2.75) is 0 Å². The number of hydrogen-bond donors (Lipinski definition) is 2. The number of anilines is 2. The predicted molar refractivity (Wildman–Crippen MR) is 117 cm³/mol. The maximum Gasteiger partial charge on any atom is 0.299 e. The van der Waals surface area contributed by atoms with E-state index in [-0.39, 0.29) is 39.1 Å². The fourth-order valence-corrected chi connectivity index (χ4v) is 2.91. The van der Waals surface area contributed by atoms with Gasteiger partial charge in [0.15, 0.2) is 0 Å². The monoisotopic (exact) mass is 457 g/mol. The molecule has 0 radical (unpaired) electrons. The van der Waals surface area contributed by atoms with Crippen LogP contribution < -0.4 is 5.32 Å². The van der Waals surface area contributed by atoms with E-state index in [4.69, 9.17) is 11.6 Å². The van der Waals surface area contributed by atoms with Crippen LogP contribution in [0.1, 0.15) is 5.56 Å². The van der Waals surface area contributed by atoms with E-state index in [1.54, 1.807) is 24.3 Å². The van der Waals surface area contributed by atoms with Gasteiger partial charge in [0, 0.05) is 23.9 Å². The molecule has 0 atom stereocenters. The quantitative estimate of drug-likeness (QED) is 0.274. The molecule has 3 rings (SSSR count). The molecular weight excluding hydrogens is 446 g/mol. The summed E-state index contributed by atoms with van der Waals surface area (Å²) in [5.41, 5.74) is -0.909. The summed E-state index contributed by atoms with van der Waals surface area (Å²) in [6.45, 7) is 0. The van der Waals surface area contributed by atoms with Gasteiger partial charge in [0.2, 0.25) is 0 Å². The summed E-state index contributed by atoms with van der Waals surface area (Å²) in [7, 11) is 0. The molecule has 0 saturated heterocycles. The van der Waals surface area contributed by atoms with Crippen molar-refractivity contribution in [3.63, 3.8) is 0 Å². The molecule has 0 aromatic heterocycles. The fourth-order valence-electron chi connectivity index (χ4n) is 2.68. The normalized spacial score (nSPS) is 10.8. The number of phenols is 1. The molecule has 0 fully saturated rings. The zero-order valence-corrected chi connectivity index (χ0v) is 16.6. The number of hydrogen-bond acceptors (Lipinski definition) is 9. The topological polar surface area (TPSA) is 174 Å². The van der Waals surface area contributed by atoms with E-state index >= 15 is 0 Å². The molecule has 0 saturated carbocycles. The zero-order chi connectivity index (χ0) is 23.4. The van der Waals surface area contributed by atoms with Crippen LogP contribution in [-0.2, 0) is 0 Å². The Hall–Kier alpha value is -4.58. The van der Waals surface area contributed by atoms with E-state index in [1.807, 2.05) is 0 Å². The van der Waals surface area contributed by atoms with Crippen LogP contribution in [0, 0.1) is 30.3 Å². The van der Waals surface area contributed by atoms with E-state index in [2.05, 4.69) is 10.3 Å². The third-order valence-corrected chi connectivity index (χ3v) is 4.50. The van der Waals surface area contributed by atoms with Crippen LogP contribution in [0.5, 0.6) is 5.75 Å². The molecule has 0 aliphatic heterocycles. The van der Waals surface area contributed by atoms with Crippen molar-refractivity contribution in [1.29, 1.82) is 0 Å². The van der Waals surface area contributed by atoms with Gasteiger partial charge < -0.3 is 10.4 Å². The Balaban J connectivity index is 2.00. The van der Waals surface area contributed by atoms with Crippen LogP contribution in [0.15, 0.2) is 59.6 Å². The van der Waals surface area contributed by atoms with Gasteiger partial charge >= 0.3 is 0 Å². The number of halogens is 1. The van der Waals surface area contributed by atoms with Crippen molar-refractivity contribution >= 4 is 51.9 Å². The SMILES string of the molecule is O=[N+]([O-])c1ccc(O)c(C=Nc2ccccc2Nc2cc(Cl)c([N+](=O)[O-])cc2[N+](=O)[O-])c1. The highest BCUT2D eigenvalue weighted by Gasteiger charge is 2.24. The maximum atomic E-state index is 11.4. The van der Waals surface area contributed by atoms with Crippen molar-refractivity contribution in [2.24, 2.45) is 4.99 Å². The highest BCUT2D eigenvalue weighted by atomic mass is 35.5. The number of aliphatic imine (C=N–C) groups is 1. The van der Waals surface area contributed by atoms with Gasteiger partial charge in [-0.2, -0.15) is 0 Å². The number of benzene rings is 3. The molecule has 0 amide bonds. The number of nitrogens with zero attached hydrogens (tertiary/aromatic N) is 4. The lowest BCUT2D eigenvalue weighted by molar-refractivity contribution is -0.393. The lowest BCUT2D eigenvalue weighted by Gasteiger charge is -2.10. The van der Waals surface area contributed by atoms with Crippen molar-refractivity contribution in [3.8, 4) is 5.75 Å². The minimum Gasteiger partial charge on any atom is -0.507 e. The van der Waals surface area contributed by atoms with Crippen LogP contribution in [0.25, 0.3) is 0 Å². The Morgan fingerprint density at radius 3 is 2.22 bits per heavy atom. The van der Waals surface area contributed by atoms with Gasteiger partial charge in [-0.3, -0.25) is 35.3 Å². The molecule has 0 bridgehead atoms. The largest absolute Gasteiger partial charge is 0.507 e. The number of nitro benzene ring substituents is 3. The van der Waals surface area contributed by atoms with Crippen molar-refractivity contribution < 1.29 is 19.9 Å². The first-order chi connectivity index (χ1) is 15.2. The van der Waals surface area contributed by atoms with Crippen LogP contribution >= 0.6 is 11.6 Å². The summed E-state index contributed by atoms with van der Waals surface area (Å²) in [5, 5.41) is 45.8. The highest BCUT2D eigenvalue weighted by molar-refractivity contribution is 6.33. The molecule has 162 valence electrons. The Kier molecular flexibility index (Phi) is 6.26. The maximum absolute atomic E-state index is 11.4. The molecule has 0 heterocycles. The summed E-state index contributed by atoms with van der Waals surface area (Å²) in [6.07, 6.45) is 1.19.